The highest BCUT2D eigenvalue weighted by Gasteiger charge is 2.08. The third-order valence-corrected chi connectivity index (χ3v) is 2.99. The molecular formula is C17H18N2O5. The molecule has 0 radical (unpaired) electrons. The zero-order valence-electron chi connectivity index (χ0n) is 13.6. The minimum atomic E-state index is -0.442. The second kappa shape index (κ2) is 7.87. The van der Waals surface area contributed by atoms with Gasteiger partial charge in [0.2, 0.25) is 0 Å². The first-order valence-corrected chi connectivity index (χ1v) is 7.10. The van der Waals surface area contributed by atoms with E-state index in [1.54, 1.807) is 42.5 Å². The molecule has 0 bridgehead atoms. The third-order valence-electron chi connectivity index (χ3n) is 2.99. The first-order chi connectivity index (χ1) is 11.5. The van der Waals surface area contributed by atoms with Crippen LogP contribution < -0.4 is 24.8 Å². The molecule has 2 amide bonds. The number of hydrogen-bond donors (Lipinski definition) is 2. The molecule has 126 valence electrons. The van der Waals surface area contributed by atoms with Gasteiger partial charge in [0, 0.05) is 30.4 Å². The second-order valence-electron chi connectivity index (χ2n) is 4.77. The van der Waals surface area contributed by atoms with Gasteiger partial charge >= 0.3 is 12.0 Å². The lowest BCUT2D eigenvalue weighted by molar-refractivity contribution is -0.131. The molecule has 0 aliphatic rings. The standard InChI is InChI=1S/C17H18N2O5/c1-11(20)24-14-6-4-5-12(9-14)18-17(21)19-13-7-8-15(22-2)16(10-13)23-3/h4-10H,1-3H3,(H2,18,19,21). The molecule has 24 heavy (non-hydrogen) atoms. The summed E-state index contributed by atoms with van der Waals surface area (Å²) in [5, 5.41) is 5.34. The van der Waals surface area contributed by atoms with Crippen LogP contribution in [0.3, 0.4) is 0 Å². The highest BCUT2D eigenvalue weighted by molar-refractivity contribution is 6.00. The fourth-order valence-corrected chi connectivity index (χ4v) is 2.01. The summed E-state index contributed by atoms with van der Waals surface area (Å²) in [5.74, 6) is 0.998. The van der Waals surface area contributed by atoms with Gasteiger partial charge in [0.1, 0.15) is 5.75 Å². The summed E-state index contributed by atoms with van der Waals surface area (Å²) in [6.07, 6.45) is 0. The van der Waals surface area contributed by atoms with E-state index in [1.165, 1.54) is 21.1 Å². The number of esters is 1. The van der Waals surface area contributed by atoms with Gasteiger partial charge in [-0.05, 0) is 24.3 Å². The molecule has 0 atom stereocenters. The normalized spacial score (nSPS) is 9.79. The number of amides is 2. The molecule has 0 aromatic heterocycles. The van der Waals surface area contributed by atoms with Crippen molar-refractivity contribution in [3.63, 3.8) is 0 Å². The fourth-order valence-electron chi connectivity index (χ4n) is 2.01. The highest BCUT2D eigenvalue weighted by atomic mass is 16.5. The molecule has 2 aromatic carbocycles. The molecule has 0 aliphatic carbocycles. The number of hydrogen-bond acceptors (Lipinski definition) is 5. The topological polar surface area (TPSA) is 85.9 Å². The molecule has 0 saturated carbocycles. The van der Waals surface area contributed by atoms with Gasteiger partial charge < -0.3 is 24.8 Å². The first-order valence-electron chi connectivity index (χ1n) is 7.10. The van der Waals surface area contributed by atoms with Crippen molar-refractivity contribution in [3.8, 4) is 17.2 Å². The monoisotopic (exact) mass is 330 g/mol. The Hall–Kier alpha value is -3.22. The minimum Gasteiger partial charge on any atom is -0.493 e. The summed E-state index contributed by atoms with van der Waals surface area (Å²) in [6, 6.07) is 11.1. The lowest BCUT2D eigenvalue weighted by atomic mass is 10.2. The number of carbonyl (C=O) groups is 2. The maximum absolute atomic E-state index is 12.1. The van der Waals surface area contributed by atoms with E-state index < -0.39 is 12.0 Å². The van der Waals surface area contributed by atoms with Gasteiger partial charge in [-0.25, -0.2) is 4.79 Å². The molecule has 2 rings (SSSR count). The molecule has 0 aliphatic heterocycles. The molecule has 0 saturated heterocycles. The van der Waals surface area contributed by atoms with Gasteiger partial charge in [-0.2, -0.15) is 0 Å². The van der Waals surface area contributed by atoms with Gasteiger partial charge in [-0.15, -0.1) is 0 Å². The molecule has 0 unspecified atom stereocenters. The van der Waals surface area contributed by atoms with Gasteiger partial charge in [-0.1, -0.05) is 6.07 Å². The summed E-state index contributed by atoms with van der Waals surface area (Å²) in [5.41, 5.74) is 1.04. The number of carbonyl (C=O) groups excluding carboxylic acids is 2. The Bertz CT molecular complexity index is 746. The van der Waals surface area contributed by atoms with Crippen LogP contribution in [0.1, 0.15) is 6.92 Å². The molecule has 0 spiro atoms. The molecule has 2 N–H and O–H groups in total. The van der Waals surface area contributed by atoms with Crippen LogP contribution in [0.5, 0.6) is 17.2 Å². The van der Waals surface area contributed by atoms with E-state index in [0.29, 0.717) is 28.6 Å². The second-order valence-corrected chi connectivity index (χ2v) is 4.77. The van der Waals surface area contributed by atoms with E-state index in [-0.39, 0.29) is 0 Å². The molecule has 0 heterocycles. The average molecular weight is 330 g/mol. The van der Waals surface area contributed by atoms with E-state index in [0.717, 1.165) is 0 Å². The maximum Gasteiger partial charge on any atom is 0.323 e. The largest absolute Gasteiger partial charge is 0.493 e. The Labute approximate surface area is 139 Å². The van der Waals surface area contributed by atoms with Crippen molar-refractivity contribution in [1.29, 1.82) is 0 Å². The molecule has 7 heteroatoms. The Morgan fingerprint density at radius 1 is 0.875 bits per heavy atom. The van der Waals surface area contributed by atoms with Crippen molar-refractivity contribution in [1.82, 2.24) is 0 Å². The first kappa shape index (κ1) is 17.1. The number of benzene rings is 2. The van der Waals surface area contributed by atoms with Gasteiger partial charge in [0.15, 0.2) is 11.5 Å². The van der Waals surface area contributed by atoms with E-state index in [4.69, 9.17) is 14.2 Å². The summed E-state index contributed by atoms with van der Waals surface area (Å²) >= 11 is 0. The summed E-state index contributed by atoms with van der Waals surface area (Å²) in [7, 11) is 3.05. The van der Waals surface area contributed by atoms with Crippen molar-refractivity contribution in [2.45, 2.75) is 6.92 Å². The van der Waals surface area contributed by atoms with Crippen LogP contribution >= 0.6 is 0 Å². The Morgan fingerprint density at radius 3 is 2.17 bits per heavy atom. The molecule has 0 fully saturated rings. The number of nitrogens with one attached hydrogen (secondary N) is 2. The van der Waals surface area contributed by atoms with Crippen LogP contribution in [0, 0.1) is 0 Å². The zero-order valence-corrected chi connectivity index (χ0v) is 13.6. The Balaban J connectivity index is 2.04. The minimum absolute atomic E-state index is 0.353. The molecule has 7 nitrogen and oxygen atoms in total. The Kier molecular flexibility index (Phi) is 5.62. The maximum atomic E-state index is 12.1. The van der Waals surface area contributed by atoms with Crippen molar-refractivity contribution in [2.75, 3.05) is 24.9 Å². The number of rotatable bonds is 5. The predicted molar refractivity (Wildman–Crippen MR) is 89.9 cm³/mol. The van der Waals surface area contributed by atoms with Crippen LogP contribution in [-0.2, 0) is 4.79 Å². The van der Waals surface area contributed by atoms with Crippen LogP contribution in [-0.4, -0.2) is 26.2 Å². The van der Waals surface area contributed by atoms with Crippen molar-refractivity contribution < 1.29 is 23.8 Å². The van der Waals surface area contributed by atoms with Crippen LogP contribution in [0.15, 0.2) is 42.5 Å². The Morgan fingerprint density at radius 2 is 1.54 bits per heavy atom. The predicted octanol–water partition coefficient (Wildman–Crippen LogP) is 3.27. The van der Waals surface area contributed by atoms with Crippen LogP contribution in [0.4, 0.5) is 16.2 Å². The fraction of sp³-hybridized carbons (Fsp3) is 0.176. The van der Waals surface area contributed by atoms with E-state index in [9.17, 15) is 9.59 Å². The van der Waals surface area contributed by atoms with E-state index >= 15 is 0 Å². The number of urea groups is 1. The van der Waals surface area contributed by atoms with E-state index in [2.05, 4.69) is 10.6 Å². The third kappa shape index (κ3) is 4.64. The molecular weight excluding hydrogens is 312 g/mol. The van der Waals surface area contributed by atoms with Gasteiger partial charge in [-0.3, -0.25) is 4.79 Å². The van der Waals surface area contributed by atoms with Crippen LogP contribution in [0.25, 0.3) is 0 Å². The van der Waals surface area contributed by atoms with Crippen molar-refractivity contribution in [2.24, 2.45) is 0 Å². The van der Waals surface area contributed by atoms with Gasteiger partial charge in [0.05, 0.1) is 14.2 Å². The summed E-state index contributed by atoms with van der Waals surface area (Å²) in [4.78, 5) is 23.0. The van der Waals surface area contributed by atoms with Crippen LogP contribution in [0.2, 0.25) is 0 Å². The lowest BCUT2D eigenvalue weighted by Gasteiger charge is -2.11. The molecule has 2 aromatic rings. The van der Waals surface area contributed by atoms with Crippen molar-refractivity contribution in [3.05, 3.63) is 42.5 Å². The summed E-state index contributed by atoms with van der Waals surface area (Å²) < 4.78 is 15.3. The average Bonchev–Trinajstić information content (AvgIpc) is 2.54. The lowest BCUT2D eigenvalue weighted by Crippen LogP contribution is -2.19. The number of ether oxygens (including phenoxy) is 3. The quantitative estimate of drug-likeness (QED) is 0.649. The highest BCUT2D eigenvalue weighted by Crippen LogP contribution is 2.29. The number of anilines is 2. The van der Waals surface area contributed by atoms with E-state index in [1.807, 2.05) is 0 Å². The van der Waals surface area contributed by atoms with Gasteiger partial charge in [0.25, 0.3) is 0 Å². The SMILES string of the molecule is COc1ccc(NC(=O)Nc2cccc(OC(C)=O)c2)cc1OC. The van der Waals surface area contributed by atoms with Crippen molar-refractivity contribution >= 4 is 23.4 Å². The zero-order chi connectivity index (χ0) is 17.5. The summed E-state index contributed by atoms with van der Waals surface area (Å²) in [6.45, 7) is 1.31. The smallest absolute Gasteiger partial charge is 0.323 e. The number of methoxy groups -OCH3 is 2.